The molecule has 1 aromatic carbocycles. The molecule has 0 amide bonds. The van der Waals surface area contributed by atoms with Gasteiger partial charge in [0.2, 0.25) is 0 Å². The van der Waals surface area contributed by atoms with Gasteiger partial charge in [-0.05, 0) is 31.2 Å². The van der Waals surface area contributed by atoms with E-state index in [-0.39, 0.29) is 5.69 Å². The zero-order chi connectivity index (χ0) is 14.1. The van der Waals surface area contributed by atoms with Gasteiger partial charge in [0.25, 0.3) is 0 Å². The van der Waals surface area contributed by atoms with E-state index in [0.29, 0.717) is 11.5 Å². The zero-order valence-corrected chi connectivity index (χ0v) is 10.9. The summed E-state index contributed by atoms with van der Waals surface area (Å²) in [5.41, 5.74) is 2.50. The van der Waals surface area contributed by atoms with E-state index in [9.17, 15) is 4.79 Å². The average Bonchev–Trinajstić information content (AvgIpc) is 2.86. The second kappa shape index (κ2) is 4.77. The summed E-state index contributed by atoms with van der Waals surface area (Å²) in [4.78, 5) is 19.7. The predicted octanol–water partition coefficient (Wildman–Crippen LogP) is 2.82. The highest BCUT2D eigenvalue weighted by Crippen LogP contribution is 2.23. The van der Waals surface area contributed by atoms with Crippen molar-refractivity contribution in [3.8, 4) is 11.5 Å². The van der Waals surface area contributed by atoms with E-state index in [1.807, 2.05) is 35.8 Å². The van der Waals surface area contributed by atoms with Gasteiger partial charge >= 0.3 is 5.97 Å². The number of carbonyl (C=O) groups is 1. The number of pyridine rings is 1. The van der Waals surface area contributed by atoms with Gasteiger partial charge in [0, 0.05) is 6.54 Å². The van der Waals surface area contributed by atoms with Gasteiger partial charge in [-0.15, -0.1) is 0 Å². The summed E-state index contributed by atoms with van der Waals surface area (Å²) in [5.74, 6) is -0.345. The molecule has 0 aliphatic carbocycles. The first-order valence-electron chi connectivity index (χ1n) is 6.36. The number of fused-ring (bicyclic) bond motifs is 1. The van der Waals surface area contributed by atoms with Crippen molar-refractivity contribution in [3.63, 3.8) is 0 Å². The normalized spacial score (nSPS) is 10.8. The van der Waals surface area contributed by atoms with Crippen LogP contribution in [0.4, 0.5) is 0 Å². The summed E-state index contributed by atoms with van der Waals surface area (Å²) < 4.78 is 2.03. The van der Waals surface area contributed by atoms with E-state index in [0.717, 1.165) is 17.6 Å². The largest absolute Gasteiger partial charge is 0.477 e. The Morgan fingerprint density at radius 2 is 1.95 bits per heavy atom. The molecule has 0 unspecified atom stereocenters. The second-order valence-electron chi connectivity index (χ2n) is 4.38. The molecule has 2 aromatic heterocycles. The summed E-state index contributed by atoms with van der Waals surface area (Å²) >= 11 is 0. The summed E-state index contributed by atoms with van der Waals surface area (Å²) in [6.45, 7) is 2.77. The molecule has 0 atom stereocenters. The standard InChI is InChI=1S/C15H13N3O2/c1-2-18-13-9-4-3-6-10(13)17-14(18)11-7-5-8-12(16-11)15(19)20/h3-9H,2H2,1H3,(H,19,20). The van der Waals surface area contributed by atoms with Gasteiger partial charge in [-0.1, -0.05) is 18.2 Å². The maximum atomic E-state index is 11.0. The lowest BCUT2D eigenvalue weighted by atomic mass is 10.3. The second-order valence-corrected chi connectivity index (χ2v) is 4.38. The molecule has 0 saturated carbocycles. The Morgan fingerprint density at radius 1 is 1.15 bits per heavy atom. The number of hydrogen-bond acceptors (Lipinski definition) is 3. The Balaban J connectivity index is 2.23. The first kappa shape index (κ1) is 12.3. The first-order chi connectivity index (χ1) is 9.70. The molecule has 0 saturated heterocycles. The number of aromatic carboxylic acids is 1. The number of aromatic nitrogens is 3. The number of hydrogen-bond donors (Lipinski definition) is 1. The SMILES string of the molecule is CCn1c(-c2cccc(C(=O)O)n2)nc2ccccc21. The first-order valence-corrected chi connectivity index (χ1v) is 6.36. The Hall–Kier alpha value is -2.69. The van der Waals surface area contributed by atoms with Crippen LogP contribution < -0.4 is 0 Å². The molecule has 0 aliphatic heterocycles. The summed E-state index contributed by atoms with van der Waals surface area (Å²) in [7, 11) is 0. The monoisotopic (exact) mass is 267 g/mol. The van der Waals surface area contributed by atoms with Crippen LogP contribution >= 0.6 is 0 Å². The van der Waals surface area contributed by atoms with Crippen molar-refractivity contribution >= 4 is 17.0 Å². The van der Waals surface area contributed by atoms with Gasteiger partial charge in [0.05, 0.1) is 11.0 Å². The molecule has 1 N–H and O–H groups in total. The van der Waals surface area contributed by atoms with Crippen molar-refractivity contribution in [2.45, 2.75) is 13.5 Å². The number of para-hydroxylation sites is 2. The van der Waals surface area contributed by atoms with Gasteiger partial charge in [0.1, 0.15) is 11.4 Å². The van der Waals surface area contributed by atoms with Crippen molar-refractivity contribution in [2.24, 2.45) is 0 Å². The number of aryl methyl sites for hydroxylation is 1. The molecule has 3 rings (SSSR count). The topological polar surface area (TPSA) is 68.0 Å². The van der Waals surface area contributed by atoms with E-state index < -0.39 is 5.97 Å². The number of carboxylic acids is 1. The van der Waals surface area contributed by atoms with Crippen LogP contribution in [0.25, 0.3) is 22.6 Å². The minimum absolute atomic E-state index is 0.0252. The van der Waals surface area contributed by atoms with E-state index in [4.69, 9.17) is 5.11 Å². The van der Waals surface area contributed by atoms with Gasteiger partial charge < -0.3 is 9.67 Å². The summed E-state index contributed by atoms with van der Waals surface area (Å²) in [6, 6.07) is 12.8. The molecule has 0 aliphatic rings. The summed E-state index contributed by atoms with van der Waals surface area (Å²) in [5, 5.41) is 9.03. The van der Waals surface area contributed by atoms with Crippen molar-refractivity contribution in [3.05, 3.63) is 48.2 Å². The third-order valence-electron chi connectivity index (χ3n) is 3.17. The van der Waals surface area contributed by atoms with Crippen LogP contribution in [0, 0.1) is 0 Å². The van der Waals surface area contributed by atoms with Crippen LogP contribution in [-0.2, 0) is 6.54 Å². The highest BCUT2D eigenvalue weighted by atomic mass is 16.4. The van der Waals surface area contributed by atoms with Crippen molar-refractivity contribution in [2.75, 3.05) is 0 Å². The number of rotatable bonds is 3. The highest BCUT2D eigenvalue weighted by molar-refractivity contribution is 5.86. The molecule has 5 nitrogen and oxygen atoms in total. The molecule has 2 heterocycles. The Bertz CT molecular complexity index is 793. The van der Waals surface area contributed by atoms with Crippen LogP contribution in [0.1, 0.15) is 17.4 Å². The molecular weight excluding hydrogens is 254 g/mol. The molecule has 100 valence electrons. The summed E-state index contributed by atoms with van der Waals surface area (Å²) in [6.07, 6.45) is 0. The van der Waals surface area contributed by atoms with Gasteiger partial charge in [-0.2, -0.15) is 0 Å². The van der Waals surface area contributed by atoms with Crippen LogP contribution in [0.3, 0.4) is 0 Å². The van der Waals surface area contributed by atoms with Crippen LogP contribution in [-0.4, -0.2) is 25.6 Å². The lowest BCUT2D eigenvalue weighted by Crippen LogP contribution is -2.03. The number of nitrogens with zero attached hydrogens (tertiary/aromatic N) is 3. The lowest BCUT2D eigenvalue weighted by Gasteiger charge is -2.05. The van der Waals surface area contributed by atoms with Gasteiger partial charge in [-0.25, -0.2) is 14.8 Å². The molecule has 5 heteroatoms. The molecule has 20 heavy (non-hydrogen) atoms. The van der Waals surface area contributed by atoms with Gasteiger partial charge in [0.15, 0.2) is 5.82 Å². The molecular formula is C15H13N3O2. The fourth-order valence-electron chi connectivity index (χ4n) is 2.27. The zero-order valence-electron chi connectivity index (χ0n) is 10.9. The fourth-order valence-corrected chi connectivity index (χ4v) is 2.27. The molecule has 0 bridgehead atoms. The number of carboxylic acid groups (broad SMARTS) is 1. The average molecular weight is 267 g/mol. The molecule has 0 radical (unpaired) electrons. The van der Waals surface area contributed by atoms with E-state index in [1.54, 1.807) is 12.1 Å². The van der Waals surface area contributed by atoms with Crippen LogP contribution in [0.2, 0.25) is 0 Å². The maximum absolute atomic E-state index is 11.0. The maximum Gasteiger partial charge on any atom is 0.354 e. The van der Waals surface area contributed by atoms with Crippen LogP contribution in [0.5, 0.6) is 0 Å². The molecule has 3 aromatic rings. The van der Waals surface area contributed by atoms with E-state index in [1.165, 1.54) is 6.07 Å². The highest BCUT2D eigenvalue weighted by Gasteiger charge is 2.14. The van der Waals surface area contributed by atoms with Gasteiger partial charge in [-0.3, -0.25) is 0 Å². The minimum atomic E-state index is -1.04. The molecule has 0 spiro atoms. The quantitative estimate of drug-likeness (QED) is 0.792. The van der Waals surface area contributed by atoms with E-state index in [2.05, 4.69) is 9.97 Å². The lowest BCUT2D eigenvalue weighted by molar-refractivity contribution is 0.0690. The number of imidazole rings is 1. The minimum Gasteiger partial charge on any atom is -0.477 e. The van der Waals surface area contributed by atoms with Crippen molar-refractivity contribution < 1.29 is 9.90 Å². The predicted molar refractivity (Wildman–Crippen MR) is 75.6 cm³/mol. The number of benzene rings is 1. The van der Waals surface area contributed by atoms with Crippen molar-refractivity contribution in [1.29, 1.82) is 0 Å². The fraction of sp³-hybridized carbons (Fsp3) is 0.133. The third kappa shape index (κ3) is 1.93. The van der Waals surface area contributed by atoms with E-state index >= 15 is 0 Å². The van der Waals surface area contributed by atoms with Crippen molar-refractivity contribution in [1.82, 2.24) is 14.5 Å². The molecule has 0 fully saturated rings. The van der Waals surface area contributed by atoms with Crippen LogP contribution in [0.15, 0.2) is 42.5 Å². The Labute approximate surface area is 115 Å². The Kier molecular flexibility index (Phi) is 2.95. The Morgan fingerprint density at radius 3 is 2.70 bits per heavy atom. The smallest absolute Gasteiger partial charge is 0.354 e. The third-order valence-corrected chi connectivity index (χ3v) is 3.17.